The third-order valence-corrected chi connectivity index (χ3v) is 0.175. The second-order valence-electron chi connectivity index (χ2n) is 0.634. The minimum absolute atomic E-state index is 0. The summed E-state index contributed by atoms with van der Waals surface area (Å²) in [5, 5.41) is 15.0. The molecule has 8 heavy (non-hydrogen) atoms. The Morgan fingerprint density at radius 1 is 1.12 bits per heavy atom. The summed E-state index contributed by atoms with van der Waals surface area (Å²) >= 11 is 0. The van der Waals surface area contributed by atoms with E-state index in [0.717, 1.165) is 0 Å². The number of hydrogen-bond acceptors (Lipinski definition) is 3. The molecular formula is C2H4CaO5. The first-order chi connectivity index (χ1) is 3.13. The molecule has 0 saturated heterocycles. The molecule has 44 valence electrons. The van der Waals surface area contributed by atoms with E-state index in [4.69, 9.17) is 10.2 Å². The van der Waals surface area contributed by atoms with Crippen LogP contribution in [0.3, 0.4) is 0 Å². The molecule has 0 aromatic rings. The predicted molar refractivity (Wildman–Crippen MR) is 25.7 cm³/mol. The molecule has 0 aliphatic rings. The van der Waals surface area contributed by atoms with Gasteiger partial charge in [-0.25, -0.2) is 9.59 Å². The predicted octanol–water partition coefficient (Wildman–Crippen LogP) is -0.557. The van der Waals surface area contributed by atoms with Gasteiger partial charge in [-0.15, -0.1) is 0 Å². The number of hydrogen-bond donors (Lipinski definition) is 2. The zero-order valence-electron chi connectivity index (χ0n) is 3.12. The Bertz CT molecular complexity index is 86.6. The Kier molecular flexibility index (Phi) is 7.00. The van der Waals surface area contributed by atoms with Crippen LogP contribution in [0.5, 0.6) is 0 Å². The van der Waals surface area contributed by atoms with Crippen molar-refractivity contribution in [1.29, 1.82) is 0 Å². The van der Waals surface area contributed by atoms with Crippen molar-refractivity contribution in [3.8, 4) is 0 Å². The fourth-order valence-electron chi connectivity index (χ4n) is 0.0747. The molecule has 0 atom stereocenters. The fraction of sp³-hybridized carbons (Fsp3) is 0. The summed E-state index contributed by atoms with van der Waals surface area (Å²) in [6.45, 7) is 0. The Labute approximate surface area is 74.2 Å². The van der Waals surface area contributed by atoms with Crippen molar-refractivity contribution in [2.45, 2.75) is 0 Å². The van der Waals surface area contributed by atoms with E-state index >= 15 is 0 Å². The van der Waals surface area contributed by atoms with Gasteiger partial charge in [0.1, 0.15) is 0 Å². The van der Waals surface area contributed by atoms with Crippen LogP contribution in [0.15, 0.2) is 0 Å². The Morgan fingerprint density at radius 3 is 1.38 bits per heavy atom. The molecule has 0 saturated carbocycles. The average molecular weight is 148 g/mol. The van der Waals surface area contributed by atoms with Crippen LogP contribution in [0.25, 0.3) is 0 Å². The molecule has 0 aromatic heterocycles. The molecule has 0 aliphatic heterocycles. The third-order valence-electron chi connectivity index (χ3n) is 0.175. The molecule has 0 unspecified atom stereocenters. The van der Waals surface area contributed by atoms with Crippen molar-refractivity contribution >= 4 is 50.0 Å². The Hall–Kier alpha value is -0.000260. The van der Waals surface area contributed by atoms with Crippen molar-refractivity contribution in [2.24, 2.45) is 0 Å². The Balaban J connectivity index is 0. The molecule has 0 aromatic carbocycles. The van der Waals surface area contributed by atoms with E-state index in [0.29, 0.717) is 0 Å². The van der Waals surface area contributed by atoms with Gasteiger partial charge in [-0.05, 0) is 0 Å². The molecule has 0 aliphatic carbocycles. The molecule has 5 nitrogen and oxygen atoms in total. The average Bonchev–Trinajstić information content (AvgIpc) is 1.27. The summed E-state index contributed by atoms with van der Waals surface area (Å²) in [7, 11) is 0. The summed E-state index contributed by atoms with van der Waals surface area (Å²) in [5.74, 6) is 0. The van der Waals surface area contributed by atoms with Gasteiger partial charge in [-0.2, -0.15) is 0 Å². The summed E-state index contributed by atoms with van der Waals surface area (Å²) in [4.78, 5) is 18.4. The van der Waals surface area contributed by atoms with Gasteiger partial charge in [-0.3, -0.25) is 0 Å². The molecule has 0 bridgehead atoms. The molecule has 0 spiro atoms. The van der Waals surface area contributed by atoms with Gasteiger partial charge in [0, 0.05) is 0 Å². The van der Waals surface area contributed by atoms with Gasteiger partial charge in [0.25, 0.3) is 0 Å². The van der Waals surface area contributed by atoms with Gasteiger partial charge in [0.05, 0.1) is 0 Å². The number of carbonyl (C=O) groups is 2. The van der Waals surface area contributed by atoms with E-state index in [9.17, 15) is 9.59 Å². The second-order valence-corrected chi connectivity index (χ2v) is 0.634. The summed E-state index contributed by atoms with van der Waals surface area (Å²) < 4.78 is 3.08. The first kappa shape index (κ1) is 10.9. The minimum atomic E-state index is -1.81. The van der Waals surface area contributed by atoms with Gasteiger partial charge >= 0.3 is 50.0 Å². The Morgan fingerprint density at radius 2 is 1.38 bits per heavy atom. The van der Waals surface area contributed by atoms with Crippen LogP contribution in [0.2, 0.25) is 0 Å². The van der Waals surface area contributed by atoms with Gasteiger partial charge < -0.3 is 14.9 Å². The van der Waals surface area contributed by atoms with Crippen molar-refractivity contribution in [3.05, 3.63) is 0 Å². The van der Waals surface area contributed by atoms with Crippen LogP contribution in [0.1, 0.15) is 0 Å². The standard InChI is InChI=1S/C2H2O5.Ca.2H/c3-1(4)7-2(5)6;;;/h(H,3,4)(H,5,6);;;. The van der Waals surface area contributed by atoms with Gasteiger partial charge in [0.15, 0.2) is 0 Å². The zero-order chi connectivity index (χ0) is 5.86. The van der Waals surface area contributed by atoms with E-state index < -0.39 is 12.3 Å². The monoisotopic (exact) mass is 148 g/mol. The van der Waals surface area contributed by atoms with Crippen LogP contribution in [-0.2, 0) is 4.74 Å². The molecule has 6 heteroatoms. The van der Waals surface area contributed by atoms with Crippen LogP contribution in [-0.4, -0.2) is 60.3 Å². The van der Waals surface area contributed by atoms with Crippen LogP contribution in [0.4, 0.5) is 9.59 Å². The topological polar surface area (TPSA) is 83.8 Å². The normalized spacial score (nSPS) is 6.50. The van der Waals surface area contributed by atoms with Crippen LogP contribution in [0, 0.1) is 0 Å². The van der Waals surface area contributed by atoms with Crippen molar-refractivity contribution in [2.75, 3.05) is 0 Å². The van der Waals surface area contributed by atoms with Crippen molar-refractivity contribution in [1.82, 2.24) is 0 Å². The number of ether oxygens (including phenoxy) is 1. The quantitative estimate of drug-likeness (QED) is 0.273. The molecule has 0 radical (unpaired) electrons. The van der Waals surface area contributed by atoms with Crippen molar-refractivity contribution in [3.63, 3.8) is 0 Å². The van der Waals surface area contributed by atoms with E-state index in [2.05, 4.69) is 4.74 Å². The summed E-state index contributed by atoms with van der Waals surface area (Å²) in [6.07, 6.45) is -3.62. The maximum atomic E-state index is 9.21. The maximum absolute atomic E-state index is 9.21. The molecule has 0 rings (SSSR count). The molecule has 2 N–H and O–H groups in total. The van der Waals surface area contributed by atoms with E-state index in [1.807, 2.05) is 0 Å². The molecule has 0 fully saturated rings. The van der Waals surface area contributed by atoms with E-state index in [1.54, 1.807) is 0 Å². The zero-order valence-corrected chi connectivity index (χ0v) is 3.12. The van der Waals surface area contributed by atoms with Crippen molar-refractivity contribution < 1.29 is 24.5 Å². The summed E-state index contributed by atoms with van der Waals surface area (Å²) in [5.41, 5.74) is 0. The molecule has 0 amide bonds. The van der Waals surface area contributed by atoms with E-state index in [1.165, 1.54) is 0 Å². The van der Waals surface area contributed by atoms with Gasteiger partial charge in [0.2, 0.25) is 0 Å². The van der Waals surface area contributed by atoms with Crippen LogP contribution >= 0.6 is 0 Å². The summed E-state index contributed by atoms with van der Waals surface area (Å²) in [6, 6.07) is 0. The second kappa shape index (κ2) is 5.14. The van der Waals surface area contributed by atoms with Gasteiger partial charge in [-0.1, -0.05) is 0 Å². The number of carboxylic acid groups (broad SMARTS) is 2. The van der Waals surface area contributed by atoms with Crippen LogP contribution < -0.4 is 0 Å². The van der Waals surface area contributed by atoms with E-state index in [-0.39, 0.29) is 37.7 Å². The SMILES string of the molecule is O=C(O)OC(=O)O.[CaH2]. The fourth-order valence-corrected chi connectivity index (χ4v) is 0.0747. The number of rotatable bonds is 0. The molecule has 0 heterocycles. The first-order valence-electron chi connectivity index (χ1n) is 1.26. The first-order valence-corrected chi connectivity index (χ1v) is 1.26. The third kappa shape index (κ3) is 9.37. The molecular weight excluding hydrogens is 144 g/mol.